The van der Waals surface area contributed by atoms with E-state index >= 15 is 0 Å². The minimum absolute atomic E-state index is 0.00942. The number of benzene rings is 2. The number of ether oxygens (including phenoxy) is 3. The van der Waals surface area contributed by atoms with Crippen LogP contribution in [0.15, 0.2) is 72.6 Å². The Kier molecular flexibility index (Phi) is 7.53. The number of carbonyl (C=O) groups is 2. The molecule has 1 amide bonds. The third-order valence-corrected chi connectivity index (χ3v) is 5.89. The van der Waals surface area contributed by atoms with E-state index in [2.05, 4.69) is 4.98 Å². The first-order chi connectivity index (χ1) is 17.5. The molecule has 1 aromatic heterocycles. The first-order valence-electron chi connectivity index (χ1n) is 11.7. The van der Waals surface area contributed by atoms with Crippen LogP contribution in [0.25, 0.3) is 5.76 Å². The molecule has 1 aliphatic rings. The van der Waals surface area contributed by atoms with E-state index in [1.165, 1.54) is 4.90 Å². The van der Waals surface area contributed by atoms with Crippen molar-refractivity contribution in [1.29, 1.82) is 0 Å². The Bertz CT molecular complexity index is 1270. The fourth-order valence-electron chi connectivity index (χ4n) is 4.24. The monoisotopic (exact) mass is 488 g/mol. The quantitative estimate of drug-likeness (QED) is 0.269. The molecule has 1 unspecified atom stereocenters. The summed E-state index contributed by atoms with van der Waals surface area (Å²) in [5.74, 6) is -0.152. The summed E-state index contributed by atoms with van der Waals surface area (Å²) in [5, 5.41) is 11.4. The van der Waals surface area contributed by atoms with Gasteiger partial charge in [0, 0.05) is 25.0 Å². The molecule has 0 aliphatic carbocycles. The molecule has 0 saturated carbocycles. The minimum atomic E-state index is -0.809. The topological polar surface area (TPSA) is 98.2 Å². The van der Waals surface area contributed by atoms with Gasteiger partial charge in [-0.1, -0.05) is 12.1 Å². The highest BCUT2D eigenvalue weighted by Crippen LogP contribution is 2.42. The van der Waals surface area contributed by atoms with Crippen LogP contribution < -0.4 is 14.2 Å². The lowest BCUT2D eigenvalue weighted by molar-refractivity contribution is -0.140. The molecule has 1 N–H and O–H groups in total. The number of amides is 1. The number of ketones is 1. The van der Waals surface area contributed by atoms with Crippen LogP contribution in [0.1, 0.15) is 36.6 Å². The van der Waals surface area contributed by atoms with Gasteiger partial charge in [0.05, 0.1) is 37.5 Å². The van der Waals surface area contributed by atoms with E-state index in [9.17, 15) is 14.7 Å². The number of hydrogen-bond donors (Lipinski definition) is 1. The fourth-order valence-corrected chi connectivity index (χ4v) is 4.24. The number of carbonyl (C=O) groups excluding carboxylic acids is 2. The molecule has 3 aromatic rings. The average Bonchev–Trinajstić information content (AvgIpc) is 3.15. The maximum absolute atomic E-state index is 13.3. The second-order valence-electron chi connectivity index (χ2n) is 8.08. The van der Waals surface area contributed by atoms with Gasteiger partial charge in [0.25, 0.3) is 11.7 Å². The molecule has 1 saturated heterocycles. The lowest BCUT2D eigenvalue weighted by atomic mass is 9.95. The fraction of sp³-hybridized carbons (Fsp3) is 0.250. The molecule has 1 aliphatic heterocycles. The van der Waals surface area contributed by atoms with Crippen LogP contribution in [0.4, 0.5) is 0 Å². The van der Waals surface area contributed by atoms with Crippen LogP contribution in [0.2, 0.25) is 0 Å². The van der Waals surface area contributed by atoms with Crippen LogP contribution in [0.3, 0.4) is 0 Å². The van der Waals surface area contributed by atoms with Crippen molar-refractivity contribution in [3.05, 3.63) is 89.3 Å². The summed E-state index contributed by atoms with van der Waals surface area (Å²) in [6.45, 7) is 4.67. The number of hydrogen-bond acceptors (Lipinski definition) is 7. The smallest absolute Gasteiger partial charge is 0.295 e. The van der Waals surface area contributed by atoms with Gasteiger partial charge in [-0.05, 0) is 61.4 Å². The predicted octanol–water partition coefficient (Wildman–Crippen LogP) is 4.51. The van der Waals surface area contributed by atoms with E-state index in [0.29, 0.717) is 41.6 Å². The summed E-state index contributed by atoms with van der Waals surface area (Å²) in [7, 11) is 1.58. The molecule has 36 heavy (non-hydrogen) atoms. The van der Waals surface area contributed by atoms with Crippen molar-refractivity contribution >= 4 is 17.4 Å². The van der Waals surface area contributed by atoms with Crippen molar-refractivity contribution in [3.8, 4) is 17.2 Å². The molecule has 8 heteroatoms. The zero-order valence-corrected chi connectivity index (χ0v) is 20.4. The molecule has 186 valence electrons. The van der Waals surface area contributed by atoms with Crippen LogP contribution >= 0.6 is 0 Å². The Morgan fingerprint density at radius 3 is 2.25 bits per heavy atom. The lowest BCUT2D eigenvalue weighted by Crippen LogP contribution is -2.29. The average molecular weight is 489 g/mol. The molecular weight excluding hydrogens is 460 g/mol. The Labute approximate surface area is 209 Å². The number of nitrogens with zero attached hydrogens (tertiary/aromatic N) is 2. The minimum Gasteiger partial charge on any atom is -0.507 e. The number of aliphatic hydroxyl groups is 1. The Morgan fingerprint density at radius 2 is 1.61 bits per heavy atom. The second-order valence-corrected chi connectivity index (χ2v) is 8.08. The molecular formula is C28H28N2O6. The van der Waals surface area contributed by atoms with Crippen molar-refractivity contribution in [1.82, 2.24) is 9.88 Å². The highest BCUT2D eigenvalue weighted by molar-refractivity contribution is 6.46. The van der Waals surface area contributed by atoms with Gasteiger partial charge in [-0.25, -0.2) is 0 Å². The third kappa shape index (κ3) is 4.88. The molecule has 8 nitrogen and oxygen atoms in total. The van der Waals surface area contributed by atoms with Gasteiger partial charge in [-0.15, -0.1) is 0 Å². The molecule has 4 rings (SSSR count). The summed E-state index contributed by atoms with van der Waals surface area (Å²) >= 11 is 0. The number of methoxy groups -OCH3 is 1. The Balaban J connectivity index is 1.83. The molecule has 2 heterocycles. The van der Waals surface area contributed by atoms with Gasteiger partial charge in [0.2, 0.25) is 0 Å². The summed E-state index contributed by atoms with van der Waals surface area (Å²) in [6, 6.07) is 14.9. The van der Waals surface area contributed by atoms with Crippen molar-refractivity contribution in [2.45, 2.75) is 26.4 Å². The molecule has 1 fully saturated rings. The number of pyridine rings is 1. The Hall–Kier alpha value is -4.33. The largest absolute Gasteiger partial charge is 0.507 e. The highest BCUT2D eigenvalue weighted by Gasteiger charge is 2.46. The predicted molar refractivity (Wildman–Crippen MR) is 134 cm³/mol. The van der Waals surface area contributed by atoms with E-state index in [4.69, 9.17) is 14.2 Å². The first kappa shape index (κ1) is 24.8. The van der Waals surface area contributed by atoms with Gasteiger partial charge in [0.1, 0.15) is 23.0 Å². The van der Waals surface area contributed by atoms with Gasteiger partial charge < -0.3 is 24.2 Å². The van der Waals surface area contributed by atoms with E-state index in [1.807, 2.05) is 26.0 Å². The van der Waals surface area contributed by atoms with E-state index in [0.717, 1.165) is 5.56 Å². The maximum atomic E-state index is 13.3. The Morgan fingerprint density at radius 1 is 0.944 bits per heavy atom. The maximum Gasteiger partial charge on any atom is 0.295 e. The number of likely N-dealkylation sites (tertiary alicyclic amines) is 1. The van der Waals surface area contributed by atoms with Crippen molar-refractivity contribution < 1.29 is 28.9 Å². The standard InChI is InChI=1S/C28H28N2O6/c1-4-35-21-10-11-22(23(16-21)36-5-2)26(31)24-25(19-12-14-29-15-13-19)30(28(33)27(24)32)17-18-6-8-20(34-3)9-7-18/h6-16,25,31H,4-5,17H2,1-3H3/b26-24-. The molecule has 0 bridgehead atoms. The molecule has 0 spiro atoms. The van der Waals surface area contributed by atoms with E-state index in [-0.39, 0.29) is 17.9 Å². The number of aliphatic hydroxyl groups excluding tert-OH is 1. The SMILES string of the molecule is CCOc1ccc(/C(O)=C2/C(=O)C(=O)N(Cc3ccc(OC)cc3)C2c2ccncc2)c(OCC)c1. The second kappa shape index (κ2) is 10.9. The zero-order valence-electron chi connectivity index (χ0n) is 20.4. The van der Waals surface area contributed by atoms with Crippen LogP contribution in [0.5, 0.6) is 17.2 Å². The van der Waals surface area contributed by atoms with Crippen LogP contribution in [0, 0.1) is 0 Å². The number of aromatic nitrogens is 1. The normalized spacial score (nSPS) is 16.8. The van der Waals surface area contributed by atoms with Crippen molar-refractivity contribution in [2.75, 3.05) is 20.3 Å². The van der Waals surface area contributed by atoms with E-state index in [1.54, 1.807) is 62.0 Å². The number of Topliss-reactive ketones (excluding diaryl/α,β-unsaturated/α-hetero) is 1. The molecule has 2 aromatic carbocycles. The molecule has 0 radical (unpaired) electrons. The zero-order chi connectivity index (χ0) is 25.7. The van der Waals surface area contributed by atoms with E-state index < -0.39 is 17.7 Å². The van der Waals surface area contributed by atoms with Crippen LogP contribution in [-0.4, -0.2) is 47.0 Å². The summed E-state index contributed by atoms with van der Waals surface area (Å²) in [4.78, 5) is 32.1. The van der Waals surface area contributed by atoms with Gasteiger partial charge in [0.15, 0.2) is 0 Å². The van der Waals surface area contributed by atoms with Crippen molar-refractivity contribution in [3.63, 3.8) is 0 Å². The first-order valence-corrected chi connectivity index (χ1v) is 11.7. The van der Waals surface area contributed by atoms with Gasteiger partial charge in [-0.3, -0.25) is 14.6 Å². The van der Waals surface area contributed by atoms with Crippen molar-refractivity contribution in [2.24, 2.45) is 0 Å². The summed E-state index contributed by atoms with van der Waals surface area (Å²) in [6.07, 6.45) is 3.18. The van der Waals surface area contributed by atoms with Crippen LogP contribution in [-0.2, 0) is 16.1 Å². The number of rotatable bonds is 9. The highest BCUT2D eigenvalue weighted by atomic mass is 16.5. The summed E-state index contributed by atoms with van der Waals surface area (Å²) < 4.78 is 16.5. The lowest BCUT2D eigenvalue weighted by Gasteiger charge is -2.25. The van der Waals surface area contributed by atoms with Gasteiger partial charge >= 0.3 is 0 Å². The molecule has 1 atom stereocenters. The third-order valence-electron chi connectivity index (χ3n) is 5.89. The summed E-state index contributed by atoms with van der Waals surface area (Å²) in [5.41, 5.74) is 1.77. The van der Waals surface area contributed by atoms with Gasteiger partial charge in [-0.2, -0.15) is 0 Å².